The number of carbonyl (C=O) groups excluding carboxylic acids is 2. The van der Waals surface area contributed by atoms with Gasteiger partial charge in [0.2, 0.25) is 8.32 Å². The first-order valence-corrected chi connectivity index (χ1v) is 15.0. The number of esters is 1. The molecule has 0 aromatic rings. The Bertz CT molecular complexity index is 862. The molecule has 3 aliphatic rings. The zero-order valence-corrected chi connectivity index (χ0v) is 24.4. The van der Waals surface area contributed by atoms with Gasteiger partial charge in [0.15, 0.2) is 11.7 Å². The standard InChI is InChI=1S/C25H41NO7SSi/c1-14(2)35(15(3)4,16(5)6)33-18-11-12-19-25(32-23(34)30-19)13-17(21(27)29-10)26(20(18)25)22(28)31-24(7,8)9/h11-12,14-20H,13H2,1-10H3/t17-,18-,19+,20+,25+/m0/s1. The lowest BCUT2D eigenvalue weighted by Crippen LogP contribution is -2.64. The fourth-order valence-electron chi connectivity index (χ4n) is 6.37. The molecule has 0 unspecified atom stereocenters. The van der Waals surface area contributed by atoms with Crippen LogP contribution in [0.3, 0.4) is 0 Å². The first-order valence-electron chi connectivity index (χ1n) is 12.5. The van der Waals surface area contributed by atoms with E-state index in [1.54, 1.807) is 20.8 Å². The zero-order chi connectivity index (χ0) is 26.5. The Balaban J connectivity index is 2.16. The van der Waals surface area contributed by atoms with Crippen molar-refractivity contribution in [2.45, 2.75) is 121 Å². The van der Waals surface area contributed by atoms with Crippen molar-refractivity contribution in [1.29, 1.82) is 0 Å². The van der Waals surface area contributed by atoms with Crippen molar-refractivity contribution in [3.8, 4) is 0 Å². The van der Waals surface area contributed by atoms with Gasteiger partial charge in [0, 0.05) is 18.6 Å². The molecule has 8 nitrogen and oxygen atoms in total. The first kappa shape index (κ1) is 27.9. The zero-order valence-electron chi connectivity index (χ0n) is 22.6. The smallest absolute Gasteiger partial charge is 0.411 e. The van der Waals surface area contributed by atoms with E-state index in [0.717, 1.165) is 0 Å². The summed E-state index contributed by atoms with van der Waals surface area (Å²) in [6, 6.07) is -1.61. The van der Waals surface area contributed by atoms with Gasteiger partial charge in [0.1, 0.15) is 17.7 Å². The number of likely N-dealkylation sites (tertiary alicyclic amines) is 1. The van der Waals surface area contributed by atoms with Crippen molar-refractivity contribution in [2.75, 3.05) is 7.11 Å². The van der Waals surface area contributed by atoms with E-state index < -0.39 is 55.9 Å². The molecular weight excluding hydrogens is 486 g/mol. The summed E-state index contributed by atoms with van der Waals surface area (Å²) >= 11 is 5.29. The molecule has 5 atom stereocenters. The molecular formula is C25H41NO7SSi. The molecule has 2 aliphatic heterocycles. The highest BCUT2D eigenvalue weighted by Gasteiger charge is 2.70. The Morgan fingerprint density at radius 2 is 1.69 bits per heavy atom. The third-order valence-electron chi connectivity index (χ3n) is 7.54. The van der Waals surface area contributed by atoms with Crippen LogP contribution < -0.4 is 0 Å². The summed E-state index contributed by atoms with van der Waals surface area (Å²) in [5.74, 6) is -0.543. The van der Waals surface area contributed by atoms with Crippen molar-refractivity contribution in [3.63, 3.8) is 0 Å². The molecule has 0 radical (unpaired) electrons. The molecule has 2 heterocycles. The summed E-state index contributed by atoms with van der Waals surface area (Å²) in [6.07, 6.45) is 2.30. The van der Waals surface area contributed by atoms with Crippen LogP contribution in [0.25, 0.3) is 0 Å². The highest BCUT2D eigenvalue weighted by molar-refractivity contribution is 7.79. The van der Waals surface area contributed by atoms with Crippen LogP contribution in [0.4, 0.5) is 4.79 Å². The predicted molar refractivity (Wildman–Crippen MR) is 139 cm³/mol. The molecule has 0 aromatic carbocycles. The Kier molecular flexibility index (Phi) is 7.71. The van der Waals surface area contributed by atoms with E-state index in [9.17, 15) is 9.59 Å². The number of methoxy groups -OCH3 is 1. The van der Waals surface area contributed by atoms with E-state index in [-0.39, 0.29) is 11.7 Å². The van der Waals surface area contributed by atoms with Gasteiger partial charge in [0.05, 0.1) is 13.2 Å². The van der Waals surface area contributed by atoms with E-state index in [0.29, 0.717) is 16.6 Å². The van der Waals surface area contributed by atoms with Gasteiger partial charge in [-0.1, -0.05) is 47.6 Å². The van der Waals surface area contributed by atoms with Gasteiger partial charge in [-0.25, -0.2) is 9.59 Å². The van der Waals surface area contributed by atoms with Gasteiger partial charge in [0.25, 0.3) is 0 Å². The molecule has 35 heavy (non-hydrogen) atoms. The monoisotopic (exact) mass is 527 g/mol. The topological polar surface area (TPSA) is 83.5 Å². The summed E-state index contributed by atoms with van der Waals surface area (Å²) < 4.78 is 30.0. The van der Waals surface area contributed by atoms with Crippen LogP contribution in [-0.4, -0.2) is 73.1 Å². The number of nitrogens with zero attached hydrogens (tertiary/aromatic N) is 1. The van der Waals surface area contributed by atoms with Gasteiger partial charge in [-0.05, 0) is 43.5 Å². The highest BCUT2D eigenvalue weighted by Crippen LogP contribution is 2.52. The molecule has 0 saturated carbocycles. The Morgan fingerprint density at radius 1 is 1.11 bits per heavy atom. The molecule has 1 aliphatic carbocycles. The van der Waals surface area contributed by atoms with E-state index in [2.05, 4.69) is 41.5 Å². The summed E-state index contributed by atoms with van der Waals surface area (Å²) in [5.41, 5.74) is -0.878. The minimum Gasteiger partial charge on any atom is -0.467 e. The van der Waals surface area contributed by atoms with Crippen LogP contribution in [0.1, 0.15) is 68.7 Å². The second-order valence-corrected chi connectivity index (χ2v) is 17.4. The molecule has 198 valence electrons. The maximum atomic E-state index is 13.6. The predicted octanol–water partition coefficient (Wildman–Crippen LogP) is 5.11. The van der Waals surface area contributed by atoms with Gasteiger partial charge < -0.3 is 23.4 Å². The normalized spacial score (nSPS) is 30.3. The van der Waals surface area contributed by atoms with E-state index in [1.165, 1.54) is 12.0 Å². The number of carbonyl (C=O) groups is 2. The molecule has 2 fully saturated rings. The highest BCUT2D eigenvalue weighted by atomic mass is 32.1. The van der Waals surface area contributed by atoms with Crippen LogP contribution >= 0.6 is 12.2 Å². The number of thiocarbonyl (C=S) groups is 1. The molecule has 0 aromatic heterocycles. The number of hydrogen-bond acceptors (Lipinski definition) is 8. The minimum absolute atomic E-state index is 0.0000384. The quantitative estimate of drug-likeness (QED) is 0.204. The van der Waals surface area contributed by atoms with Gasteiger partial charge >= 0.3 is 17.3 Å². The maximum Gasteiger partial charge on any atom is 0.411 e. The molecule has 2 saturated heterocycles. The second kappa shape index (κ2) is 9.66. The van der Waals surface area contributed by atoms with Crippen LogP contribution in [-0.2, 0) is 28.2 Å². The van der Waals surface area contributed by atoms with Crippen molar-refractivity contribution in [2.24, 2.45) is 0 Å². The van der Waals surface area contributed by atoms with Crippen molar-refractivity contribution >= 4 is 37.8 Å². The average molecular weight is 528 g/mol. The third kappa shape index (κ3) is 4.73. The largest absolute Gasteiger partial charge is 0.467 e. The van der Waals surface area contributed by atoms with E-state index >= 15 is 0 Å². The van der Waals surface area contributed by atoms with Crippen LogP contribution in [0.2, 0.25) is 16.6 Å². The lowest BCUT2D eigenvalue weighted by atomic mass is 9.80. The van der Waals surface area contributed by atoms with Crippen molar-refractivity contribution in [1.82, 2.24) is 4.90 Å². The van der Waals surface area contributed by atoms with Crippen molar-refractivity contribution < 1.29 is 33.0 Å². The second-order valence-electron chi connectivity index (χ2n) is 11.7. The number of rotatable bonds is 6. The average Bonchev–Trinajstić information content (AvgIpc) is 3.24. The molecule has 1 spiro atoms. The Hall–Kier alpha value is -1.65. The minimum atomic E-state index is -2.38. The number of hydrogen-bond donors (Lipinski definition) is 0. The lowest BCUT2D eigenvalue weighted by Gasteiger charge is -2.49. The van der Waals surface area contributed by atoms with Crippen LogP contribution in [0.15, 0.2) is 12.2 Å². The number of amides is 1. The fraction of sp³-hybridized carbons (Fsp3) is 0.800. The van der Waals surface area contributed by atoms with E-state index in [1.807, 2.05) is 12.2 Å². The molecule has 3 rings (SSSR count). The number of ether oxygens (including phenoxy) is 4. The molecule has 0 N–H and O–H groups in total. The van der Waals surface area contributed by atoms with E-state index in [4.69, 9.17) is 35.6 Å². The third-order valence-corrected chi connectivity index (χ3v) is 13.8. The molecule has 0 bridgehead atoms. The van der Waals surface area contributed by atoms with Crippen LogP contribution in [0, 0.1) is 0 Å². The summed E-state index contributed by atoms with van der Waals surface area (Å²) in [4.78, 5) is 28.0. The SMILES string of the molecule is COC(=O)[C@@H]1C[C@@]23OC(=S)O[C@@H]2C=C[C@H](O[Si](C(C)C)(C(C)C)C(C)C)[C@H]3N1C(=O)OC(C)(C)C. The summed E-state index contributed by atoms with van der Waals surface area (Å²) in [7, 11) is -1.07. The van der Waals surface area contributed by atoms with Gasteiger partial charge in [-0.15, -0.1) is 0 Å². The van der Waals surface area contributed by atoms with Gasteiger partial charge in [-0.3, -0.25) is 4.90 Å². The van der Waals surface area contributed by atoms with Crippen LogP contribution in [0.5, 0.6) is 0 Å². The first-order chi connectivity index (χ1) is 16.1. The summed E-state index contributed by atoms with van der Waals surface area (Å²) in [6.45, 7) is 18.6. The molecule has 1 amide bonds. The van der Waals surface area contributed by atoms with Gasteiger partial charge in [-0.2, -0.15) is 0 Å². The Labute approximate surface area is 215 Å². The Morgan fingerprint density at radius 3 is 2.17 bits per heavy atom. The lowest BCUT2D eigenvalue weighted by molar-refractivity contribution is -0.146. The van der Waals surface area contributed by atoms with Crippen molar-refractivity contribution in [3.05, 3.63) is 12.2 Å². The fourth-order valence-corrected chi connectivity index (χ4v) is 12.1. The summed E-state index contributed by atoms with van der Waals surface area (Å²) in [5, 5.41) is 0.0000384. The molecule has 10 heteroatoms. The maximum absolute atomic E-state index is 13.6.